The molecule has 15 heavy (non-hydrogen) atoms. The first kappa shape index (κ1) is 15.0. The van der Waals surface area contributed by atoms with E-state index >= 15 is 0 Å². The maximum Gasteiger partial charge on any atom is 0.216 e. The average molecular weight is 212 g/mol. The van der Waals surface area contributed by atoms with Gasteiger partial charge in [0.05, 0.1) is 0 Å². The van der Waals surface area contributed by atoms with Crippen molar-refractivity contribution in [3.63, 3.8) is 0 Å². The molecule has 0 spiro atoms. The Morgan fingerprint density at radius 3 is 2.07 bits per heavy atom. The molecule has 0 aromatic heterocycles. The molecular formula is C12H29BN2. The van der Waals surface area contributed by atoms with Crippen LogP contribution in [0.2, 0.25) is 13.6 Å². The summed E-state index contributed by atoms with van der Waals surface area (Å²) in [5, 5.41) is 0. The summed E-state index contributed by atoms with van der Waals surface area (Å²) in [5.74, 6) is 0. The third kappa shape index (κ3) is 5.03. The highest BCUT2D eigenvalue weighted by Crippen LogP contribution is 2.31. The Morgan fingerprint density at radius 2 is 1.73 bits per heavy atom. The van der Waals surface area contributed by atoms with Crippen molar-refractivity contribution in [3.8, 4) is 0 Å². The van der Waals surface area contributed by atoms with Gasteiger partial charge in [-0.1, -0.05) is 34.4 Å². The summed E-state index contributed by atoms with van der Waals surface area (Å²) >= 11 is 0. The summed E-state index contributed by atoms with van der Waals surface area (Å²) < 4.78 is 0. The van der Waals surface area contributed by atoms with Crippen LogP contribution in [0, 0.1) is 5.41 Å². The van der Waals surface area contributed by atoms with E-state index in [2.05, 4.69) is 44.4 Å². The molecule has 0 saturated carbocycles. The van der Waals surface area contributed by atoms with Gasteiger partial charge in [0.2, 0.25) is 6.85 Å². The SMILES string of the molecule is CB(C)N(C)CCC1(C)CN(C)C1.CC. The minimum absolute atomic E-state index is 0.595. The predicted octanol–water partition coefficient (Wildman–Crippen LogP) is 2.54. The fraction of sp³-hybridized carbons (Fsp3) is 1.00. The number of nitrogens with zero attached hydrogens (tertiary/aromatic N) is 2. The van der Waals surface area contributed by atoms with Gasteiger partial charge in [-0.2, -0.15) is 0 Å². The minimum atomic E-state index is 0.595. The molecule has 0 aliphatic carbocycles. The van der Waals surface area contributed by atoms with E-state index in [1.807, 2.05) is 13.8 Å². The van der Waals surface area contributed by atoms with E-state index in [0.717, 1.165) is 0 Å². The van der Waals surface area contributed by atoms with Gasteiger partial charge in [0.25, 0.3) is 0 Å². The third-order valence-corrected chi connectivity index (χ3v) is 3.25. The van der Waals surface area contributed by atoms with E-state index in [4.69, 9.17) is 0 Å². The van der Waals surface area contributed by atoms with Crippen molar-refractivity contribution in [2.24, 2.45) is 5.41 Å². The molecule has 0 amide bonds. The Bertz CT molecular complexity index is 165. The maximum atomic E-state index is 2.43. The van der Waals surface area contributed by atoms with Crippen LogP contribution < -0.4 is 0 Å². The second-order valence-corrected chi connectivity index (χ2v) is 5.31. The van der Waals surface area contributed by atoms with Gasteiger partial charge in [-0.15, -0.1) is 0 Å². The zero-order valence-electron chi connectivity index (χ0n) is 11.8. The molecule has 0 aromatic carbocycles. The van der Waals surface area contributed by atoms with Crippen molar-refractivity contribution in [1.29, 1.82) is 0 Å². The second-order valence-electron chi connectivity index (χ2n) is 5.31. The predicted molar refractivity (Wildman–Crippen MR) is 71.7 cm³/mol. The van der Waals surface area contributed by atoms with Gasteiger partial charge in [-0.3, -0.25) is 0 Å². The first-order valence-corrected chi connectivity index (χ1v) is 6.32. The molecule has 2 nitrogen and oxygen atoms in total. The Balaban J connectivity index is 0.000000921. The zero-order chi connectivity index (χ0) is 12.1. The van der Waals surface area contributed by atoms with Crippen LogP contribution in [0.25, 0.3) is 0 Å². The highest BCUT2D eigenvalue weighted by molar-refractivity contribution is 6.52. The van der Waals surface area contributed by atoms with Crippen LogP contribution in [0.3, 0.4) is 0 Å². The van der Waals surface area contributed by atoms with Crippen LogP contribution in [-0.2, 0) is 0 Å². The van der Waals surface area contributed by atoms with Gasteiger partial charge in [0, 0.05) is 13.1 Å². The molecule has 0 atom stereocenters. The fourth-order valence-electron chi connectivity index (χ4n) is 2.12. The molecule has 1 aliphatic heterocycles. The Morgan fingerprint density at radius 1 is 1.27 bits per heavy atom. The van der Waals surface area contributed by atoms with Crippen molar-refractivity contribution >= 4 is 6.85 Å². The molecule has 0 unspecified atom stereocenters. The van der Waals surface area contributed by atoms with E-state index < -0.39 is 0 Å². The lowest BCUT2D eigenvalue weighted by Gasteiger charge is -2.47. The molecule has 1 fully saturated rings. The molecule has 0 radical (unpaired) electrons. The van der Waals surface area contributed by atoms with Crippen molar-refractivity contribution < 1.29 is 0 Å². The highest BCUT2D eigenvalue weighted by Gasteiger charge is 2.35. The minimum Gasteiger partial charge on any atom is -0.345 e. The fourth-order valence-corrected chi connectivity index (χ4v) is 2.12. The Hall–Kier alpha value is -0.0151. The summed E-state index contributed by atoms with van der Waals surface area (Å²) in [7, 11) is 4.42. The van der Waals surface area contributed by atoms with Crippen LogP contribution in [0.5, 0.6) is 0 Å². The van der Waals surface area contributed by atoms with Crippen LogP contribution in [-0.4, -0.2) is 50.3 Å². The topological polar surface area (TPSA) is 6.48 Å². The van der Waals surface area contributed by atoms with Gasteiger partial charge in [-0.25, -0.2) is 0 Å². The lowest BCUT2D eigenvalue weighted by atomic mass is 9.66. The largest absolute Gasteiger partial charge is 0.345 e. The van der Waals surface area contributed by atoms with Gasteiger partial charge >= 0.3 is 0 Å². The monoisotopic (exact) mass is 212 g/mol. The number of rotatable bonds is 4. The molecule has 1 saturated heterocycles. The summed E-state index contributed by atoms with van der Waals surface area (Å²) in [4.78, 5) is 4.83. The standard InChI is InChI=1S/C10H23BN2.C2H6/c1-10(8-12(4)9-10)6-7-13(5)11(2)3;1-2/h6-9H2,1-5H3;1-2H3. The van der Waals surface area contributed by atoms with Crippen molar-refractivity contribution in [3.05, 3.63) is 0 Å². The molecule has 1 heterocycles. The Labute approximate surface area is 97.1 Å². The quantitative estimate of drug-likeness (QED) is 0.661. The average Bonchev–Trinajstić information content (AvgIpc) is 2.15. The van der Waals surface area contributed by atoms with E-state index in [1.165, 1.54) is 26.1 Å². The van der Waals surface area contributed by atoms with E-state index in [9.17, 15) is 0 Å². The second kappa shape index (κ2) is 6.54. The van der Waals surface area contributed by atoms with Gasteiger partial charge in [-0.05, 0) is 32.5 Å². The number of likely N-dealkylation sites (tertiary alicyclic amines) is 1. The molecule has 3 heteroatoms. The van der Waals surface area contributed by atoms with Crippen LogP contribution in [0.4, 0.5) is 0 Å². The van der Waals surface area contributed by atoms with Crippen LogP contribution in [0.15, 0.2) is 0 Å². The third-order valence-electron chi connectivity index (χ3n) is 3.25. The molecule has 0 bridgehead atoms. The zero-order valence-corrected chi connectivity index (χ0v) is 11.8. The lowest BCUT2D eigenvalue weighted by Crippen LogP contribution is -2.53. The highest BCUT2D eigenvalue weighted by atomic mass is 15.2. The Kier molecular flexibility index (Phi) is 6.54. The first-order chi connectivity index (χ1) is 6.93. The van der Waals surface area contributed by atoms with Crippen LogP contribution in [0.1, 0.15) is 27.2 Å². The molecule has 90 valence electrons. The van der Waals surface area contributed by atoms with Crippen molar-refractivity contribution in [2.75, 3.05) is 33.7 Å². The maximum absolute atomic E-state index is 2.43. The van der Waals surface area contributed by atoms with Gasteiger partial charge < -0.3 is 9.71 Å². The lowest BCUT2D eigenvalue weighted by molar-refractivity contribution is 0.0286. The number of hydrogen-bond acceptors (Lipinski definition) is 2. The molecule has 1 aliphatic rings. The van der Waals surface area contributed by atoms with Gasteiger partial charge in [0.1, 0.15) is 0 Å². The van der Waals surface area contributed by atoms with Crippen molar-refractivity contribution in [2.45, 2.75) is 40.8 Å². The smallest absolute Gasteiger partial charge is 0.216 e. The first-order valence-electron chi connectivity index (χ1n) is 6.32. The molecule has 0 aromatic rings. The summed E-state index contributed by atoms with van der Waals surface area (Å²) in [5.41, 5.74) is 0.595. The molecule has 0 N–H and O–H groups in total. The van der Waals surface area contributed by atoms with E-state index in [0.29, 0.717) is 12.3 Å². The summed E-state index contributed by atoms with van der Waals surface area (Å²) in [6.45, 7) is 15.4. The molecule has 1 rings (SSSR count). The van der Waals surface area contributed by atoms with E-state index in [1.54, 1.807) is 0 Å². The van der Waals surface area contributed by atoms with E-state index in [-0.39, 0.29) is 0 Å². The normalized spacial score (nSPS) is 19.2. The van der Waals surface area contributed by atoms with Crippen molar-refractivity contribution in [1.82, 2.24) is 9.71 Å². The summed E-state index contributed by atoms with van der Waals surface area (Å²) in [6, 6.07) is 0. The van der Waals surface area contributed by atoms with Gasteiger partial charge in [0.15, 0.2) is 0 Å². The number of hydrogen-bond donors (Lipinski definition) is 0. The van der Waals surface area contributed by atoms with Crippen LogP contribution >= 0.6 is 0 Å². The summed E-state index contributed by atoms with van der Waals surface area (Å²) in [6.07, 6.45) is 1.34. The molecular weight excluding hydrogens is 183 g/mol.